The molecule has 0 radical (unpaired) electrons. The Morgan fingerprint density at radius 1 is 1.20 bits per heavy atom. The number of ether oxygens (including phenoxy) is 1. The highest BCUT2D eigenvalue weighted by molar-refractivity contribution is 6.35. The second-order valence-electron chi connectivity index (χ2n) is 5.28. The van der Waals surface area contributed by atoms with E-state index in [1.807, 2.05) is 12.1 Å². The average molecular weight is 360 g/mol. The zero-order chi connectivity index (χ0) is 17.8. The molecule has 128 valence electrons. The molecule has 2 aromatic carbocycles. The molecule has 0 saturated heterocycles. The van der Waals surface area contributed by atoms with Crippen molar-refractivity contribution < 1.29 is 13.9 Å². The number of halogens is 2. The molecule has 0 atom stereocenters. The van der Waals surface area contributed by atoms with Crippen LogP contribution in [-0.4, -0.2) is 18.2 Å². The van der Waals surface area contributed by atoms with Gasteiger partial charge in [0.15, 0.2) is 5.82 Å². The van der Waals surface area contributed by atoms with Crippen molar-refractivity contribution in [2.75, 3.05) is 17.7 Å². The van der Waals surface area contributed by atoms with Crippen LogP contribution in [0.3, 0.4) is 0 Å². The summed E-state index contributed by atoms with van der Waals surface area (Å²) in [6.45, 7) is 0.418. The largest absolute Gasteiger partial charge is 0.453 e. The molecule has 0 fully saturated rings. The van der Waals surface area contributed by atoms with E-state index in [-0.39, 0.29) is 5.52 Å². The molecule has 7 heteroatoms. The first kappa shape index (κ1) is 17.0. The molecule has 1 aromatic heterocycles. The van der Waals surface area contributed by atoms with Crippen LogP contribution in [0.25, 0.3) is 10.9 Å². The minimum Gasteiger partial charge on any atom is -0.453 e. The molecular weight excluding hydrogens is 345 g/mol. The van der Waals surface area contributed by atoms with Gasteiger partial charge in [0.2, 0.25) is 0 Å². The van der Waals surface area contributed by atoms with Crippen LogP contribution in [-0.2, 0) is 11.3 Å². The summed E-state index contributed by atoms with van der Waals surface area (Å²) in [5, 5.41) is 6.64. The number of amides is 1. The Morgan fingerprint density at radius 3 is 2.68 bits per heavy atom. The van der Waals surface area contributed by atoms with Gasteiger partial charge in [0.05, 0.1) is 17.8 Å². The molecule has 0 unspecified atom stereocenters. The molecule has 0 aliphatic heterocycles. The number of anilines is 2. The smallest absolute Gasteiger partial charge is 0.411 e. The summed E-state index contributed by atoms with van der Waals surface area (Å²) in [6, 6.07) is 12.1. The summed E-state index contributed by atoms with van der Waals surface area (Å²) in [5.74, 6) is -0.441. The molecule has 5 nitrogen and oxygen atoms in total. The van der Waals surface area contributed by atoms with Crippen molar-refractivity contribution >= 4 is 40.0 Å². The predicted octanol–water partition coefficient (Wildman–Crippen LogP) is 4.82. The van der Waals surface area contributed by atoms with Gasteiger partial charge in [-0.05, 0) is 35.9 Å². The van der Waals surface area contributed by atoms with E-state index >= 15 is 0 Å². The molecule has 0 aliphatic carbocycles. The van der Waals surface area contributed by atoms with Crippen molar-refractivity contribution in [3.8, 4) is 0 Å². The molecule has 1 heterocycles. The van der Waals surface area contributed by atoms with Gasteiger partial charge >= 0.3 is 6.09 Å². The fourth-order valence-electron chi connectivity index (χ4n) is 2.36. The second kappa shape index (κ2) is 7.36. The van der Waals surface area contributed by atoms with Gasteiger partial charge < -0.3 is 10.1 Å². The lowest BCUT2D eigenvalue weighted by Gasteiger charge is -2.10. The highest BCUT2D eigenvalue weighted by Crippen LogP contribution is 2.28. The third-order valence-electron chi connectivity index (χ3n) is 3.67. The van der Waals surface area contributed by atoms with E-state index in [9.17, 15) is 9.18 Å². The minimum absolute atomic E-state index is 0.232. The van der Waals surface area contributed by atoms with Gasteiger partial charge in [0.25, 0.3) is 0 Å². The number of carbonyl (C=O) groups excluding carboxylic acids is 1. The Morgan fingerprint density at radius 2 is 1.96 bits per heavy atom. The fourth-order valence-corrected chi connectivity index (χ4v) is 2.57. The van der Waals surface area contributed by atoms with E-state index in [1.165, 1.54) is 13.3 Å². The van der Waals surface area contributed by atoms with E-state index in [1.54, 1.807) is 30.3 Å². The van der Waals surface area contributed by atoms with Crippen molar-refractivity contribution in [3.63, 3.8) is 0 Å². The number of nitrogens with one attached hydrogen (secondary N) is 2. The monoisotopic (exact) mass is 359 g/mol. The van der Waals surface area contributed by atoms with Gasteiger partial charge in [-0.1, -0.05) is 23.7 Å². The standard InChI is InChI=1S/C18H15ClFN3O2/c1-25-18(24)23-12-4-2-11(3-5-12)10-22-15-7-6-13-14(19)8-9-21-17(13)16(15)20/h2-9,22H,10H2,1H3,(H,23,24). The number of benzene rings is 2. The van der Waals surface area contributed by atoms with Crippen LogP contribution in [0.4, 0.5) is 20.6 Å². The van der Waals surface area contributed by atoms with Crippen molar-refractivity contribution in [1.82, 2.24) is 4.98 Å². The van der Waals surface area contributed by atoms with E-state index in [0.29, 0.717) is 28.3 Å². The maximum atomic E-state index is 14.6. The first-order chi connectivity index (χ1) is 12.1. The Bertz CT molecular complexity index is 916. The van der Waals surface area contributed by atoms with E-state index in [2.05, 4.69) is 20.4 Å². The number of hydrogen-bond donors (Lipinski definition) is 2. The summed E-state index contributed by atoms with van der Waals surface area (Å²) in [4.78, 5) is 15.2. The van der Waals surface area contributed by atoms with E-state index in [0.717, 1.165) is 5.56 Å². The van der Waals surface area contributed by atoms with E-state index < -0.39 is 11.9 Å². The topological polar surface area (TPSA) is 63.2 Å². The number of fused-ring (bicyclic) bond motifs is 1. The van der Waals surface area contributed by atoms with Crippen molar-refractivity contribution in [2.24, 2.45) is 0 Å². The SMILES string of the molecule is COC(=O)Nc1ccc(CNc2ccc3c(Cl)ccnc3c2F)cc1. The van der Waals surface area contributed by atoms with Crippen LogP contribution in [0.15, 0.2) is 48.7 Å². The Hall–Kier alpha value is -2.86. The minimum atomic E-state index is -0.532. The van der Waals surface area contributed by atoms with Crippen molar-refractivity contribution in [3.05, 3.63) is 65.1 Å². The summed E-state index contributed by atoms with van der Waals surface area (Å²) in [5.41, 5.74) is 2.12. The Balaban J connectivity index is 1.72. The molecular formula is C18H15ClFN3O2. The highest BCUT2D eigenvalue weighted by atomic mass is 35.5. The maximum absolute atomic E-state index is 14.6. The number of rotatable bonds is 4. The number of methoxy groups -OCH3 is 1. The van der Waals surface area contributed by atoms with Crippen LogP contribution < -0.4 is 10.6 Å². The average Bonchev–Trinajstić information content (AvgIpc) is 2.63. The number of hydrogen-bond acceptors (Lipinski definition) is 4. The van der Waals surface area contributed by atoms with Crippen LogP contribution in [0.2, 0.25) is 5.02 Å². The quantitative estimate of drug-likeness (QED) is 0.701. The molecule has 3 rings (SSSR count). The van der Waals surface area contributed by atoms with Crippen LogP contribution in [0, 0.1) is 5.82 Å². The van der Waals surface area contributed by atoms with Crippen molar-refractivity contribution in [2.45, 2.75) is 6.54 Å². The summed E-state index contributed by atoms with van der Waals surface area (Å²) < 4.78 is 19.1. The molecule has 0 bridgehead atoms. The summed E-state index contributed by atoms with van der Waals surface area (Å²) in [6.07, 6.45) is 0.945. The van der Waals surface area contributed by atoms with Gasteiger partial charge in [0.1, 0.15) is 5.52 Å². The molecule has 2 N–H and O–H groups in total. The first-order valence-electron chi connectivity index (χ1n) is 7.49. The molecule has 25 heavy (non-hydrogen) atoms. The normalized spacial score (nSPS) is 10.5. The highest BCUT2D eigenvalue weighted by Gasteiger charge is 2.10. The second-order valence-corrected chi connectivity index (χ2v) is 5.69. The summed E-state index contributed by atoms with van der Waals surface area (Å²) >= 11 is 6.05. The van der Waals surface area contributed by atoms with Gasteiger partial charge in [-0.25, -0.2) is 9.18 Å². The van der Waals surface area contributed by atoms with Crippen LogP contribution >= 0.6 is 11.6 Å². The Labute approximate surface area is 148 Å². The maximum Gasteiger partial charge on any atom is 0.411 e. The van der Waals surface area contributed by atoms with Gasteiger partial charge in [-0.3, -0.25) is 10.3 Å². The van der Waals surface area contributed by atoms with E-state index in [4.69, 9.17) is 11.6 Å². The molecule has 0 spiro atoms. The number of nitrogens with zero attached hydrogens (tertiary/aromatic N) is 1. The van der Waals surface area contributed by atoms with Crippen LogP contribution in [0.5, 0.6) is 0 Å². The van der Waals surface area contributed by atoms with Gasteiger partial charge in [0, 0.05) is 23.8 Å². The summed E-state index contributed by atoms with van der Waals surface area (Å²) in [7, 11) is 1.30. The fraction of sp³-hybridized carbons (Fsp3) is 0.111. The lowest BCUT2D eigenvalue weighted by molar-refractivity contribution is 0.187. The van der Waals surface area contributed by atoms with Gasteiger partial charge in [-0.15, -0.1) is 0 Å². The molecule has 0 saturated carbocycles. The van der Waals surface area contributed by atoms with Gasteiger partial charge in [-0.2, -0.15) is 0 Å². The molecule has 1 amide bonds. The Kier molecular flexibility index (Phi) is 5.00. The molecule has 0 aliphatic rings. The first-order valence-corrected chi connectivity index (χ1v) is 7.87. The number of pyridine rings is 1. The zero-order valence-electron chi connectivity index (χ0n) is 13.3. The lowest BCUT2D eigenvalue weighted by Crippen LogP contribution is -2.10. The number of aromatic nitrogens is 1. The number of carbonyl (C=O) groups is 1. The lowest BCUT2D eigenvalue weighted by atomic mass is 10.1. The third-order valence-corrected chi connectivity index (χ3v) is 4.00. The third kappa shape index (κ3) is 3.80. The van der Waals surface area contributed by atoms with Crippen molar-refractivity contribution in [1.29, 1.82) is 0 Å². The van der Waals surface area contributed by atoms with Crippen LogP contribution in [0.1, 0.15) is 5.56 Å². The molecule has 3 aromatic rings. The zero-order valence-corrected chi connectivity index (χ0v) is 14.1. The predicted molar refractivity (Wildman–Crippen MR) is 96.5 cm³/mol.